The highest BCUT2D eigenvalue weighted by Gasteiger charge is 2.37. The van der Waals surface area contributed by atoms with Gasteiger partial charge in [-0.15, -0.1) is 5.10 Å². The zero-order valence-corrected chi connectivity index (χ0v) is 15.9. The second-order valence-electron chi connectivity index (χ2n) is 6.90. The Hall–Kier alpha value is -2.90. The smallest absolute Gasteiger partial charge is 0.324 e. The van der Waals surface area contributed by atoms with Crippen LogP contribution in [0.1, 0.15) is 37.6 Å². The number of rotatable bonds is 8. The van der Waals surface area contributed by atoms with Crippen molar-refractivity contribution in [2.24, 2.45) is 0 Å². The quantitative estimate of drug-likeness (QED) is 0.717. The molecule has 0 spiro atoms. The second kappa shape index (κ2) is 8.20. The van der Waals surface area contributed by atoms with Crippen LogP contribution in [-0.4, -0.2) is 51.5 Å². The Kier molecular flexibility index (Phi) is 5.73. The van der Waals surface area contributed by atoms with E-state index in [0.717, 1.165) is 17.7 Å². The monoisotopic (exact) mass is 371 g/mol. The van der Waals surface area contributed by atoms with E-state index in [1.165, 1.54) is 4.90 Å². The standard InChI is InChI=1S/C19H25N5O3/c1-13(2)24-12-15(21-22-24)11-16-18(25)23(19(26)20-16)10-6-8-14-7-4-5-9-17(14)27-3/h4-5,7,9,12-13,16H,6,8,10-11H2,1-3H3,(H,20,26)/t16-/m1/s1. The summed E-state index contributed by atoms with van der Waals surface area (Å²) in [5.41, 5.74) is 1.76. The minimum absolute atomic E-state index is 0.201. The molecular formula is C19H25N5O3. The van der Waals surface area contributed by atoms with E-state index in [2.05, 4.69) is 15.6 Å². The van der Waals surface area contributed by atoms with Gasteiger partial charge in [-0.1, -0.05) is 23.4 Å². The number of aromatic nitrogens is 3. The number of benzene rings is 1. The summed E-state index contributed by atoms with van der Waals surface area (Å²) in [6.07, 6.45) is 3.57. The summed E-state index contributed by atoms with van der Waals surface area (Å²) < 4.78 is 7.08. The van der Waals surface area contributed by atoms with Crippen LogP contribution in [0.15, 0.2) is 30.5 Å². The first-order valence-corrected chi connectivity index (χ1v) is 9.14. The summed E-state index contributed by atoms with van der Waals surface area (Å²) >= 11 is 0. The second-order valence-corrected chi connectivity index (χ2v) is 6.90. The van der Waals surface area contributed by atoms with Gasteiger partial charge in [0.15, 0.2) is 0 Å². The maximum absolute atomic E-state index is 12.6. The number of hydrogen-bond donors (Lipinski definition) is 1. The molecule has 0 bridgehead atoms. The molecule has 2 heterocycles. The summed E-state index contributed by atoms with van der Waals surface area (Å²) in [4.78, 5) is 26.1. The maximum atomic E-state index is 12.6. The lowest BCUT2D eigenvalue weighted by molar-refractivity contribution is -0.127. The van der Waals surface area contributed by atoms with Crippen molar-refractivity contribution >= 4 is 11.9 Å². The van der Waals surface area contributed by atoms with Gasteiger partial charge in [0.25, 0.3) is 5.91 Å². The first kappa shape index (κ1) is 18.9. The summed E-state index contributed by atoms with van der Waals surface area (Å²) in [5.74, 6) is 0.611. The van der Waals surface area contributed by atoms with Gasteiger partial charge < -0.3 is 10.1 Å². The number of nitrogens with zero attached hydrogens (tertiary/aromatic N) is 4. The highest BCUT2D eigenvalue weighted by Crippen LogP contribution is 2.20. The number of aryl methyl sites for hydroxylation is 1. The van der Waals surface area contributed by atoms with E-state index in [1.807, 2.05) is 44.3 Å². The number of nitrogens with one attached hydrogen (secondary N) is 1. The van der Waals surface area contributed by atoms with Crippen LogP contribution in [-0.2, 0) is 17.6 Å². The Bertz CT molecular complexity index is 817. The predicted octanol–water partition coefficient (Wildman–Crippen LogP) is 1.96. The lowest BCUT2D eigenvalue weighted by Crippen LogP contribution is -2.33. The number of urea groups is 1. The molecular weight excluding hydrogens is 346 g/mol. The van der Waals surface area contributed by atoms with Crippen molar-refractivity contribution in [3.8, 4) is 5.75 Å². The molecule has 1 aliphatic heterocycles. The molecule has 0 aliphatic carbocycles. The van der Waals surface area contributed by atoms with E-state index >= 15 is 0 Å². The van der Waals surface area contributed by atoms with Gasteiger partial charge in [-0.25, -0.2) is 9.48 Å². The van der Waals surface area contributed by atoms with Crippen LogP contribution < -0.4 is 10.1 Å². The van der Waals surface area contributed by atoms with Crippen molar-refractivity contribution in [2.75, 3.05) is 13.7 Å². The Morgan fingerprint density at radius 1 is 1.26 bits per heavy atom. The van der Waals surface area contributed by atoms with Crippen LogP contribution >= 0.6 is 0 Å². The average Bonchev–Trinajstić information content (AvgIpc) is 3.22. The molecule has 1 N–H and O–H groups in total. The third kappa shape index (κ3) is 4.27. The molecule has 3 amide bonds. The zero-order chi connectivity index (χ0) is 19.4. The number of methoxy groups -OCH3 is 1. The average molecular weight is 371 g/mol. The van der Waals surface area contributed by atoms with Crippen LogP contribution in [0.25, 0.3) is 0 Å². The van der Waals surface area contributed by atoms with Crippen LogP contribution in [0.5, 0.6) is 5.75 Å². The molecule has 1 aromatic heterocycles. The Labute approximate surface area is 158 Å². The van der Waals surface area contributed by atoms with Crippen molar-refractivity contribution in [1.29, 1.82) is 0 Å². The minimum atomic E-state index is -0.582. The number of carbonyl (C=O) groups is 2. The lowest BCUT2D eigenvalue weighted by Gasteiger charge is -2.13. The molecule has 0 saturated carbocycles. The minimum Gasteiger partial charge on any atom is -0.496 e. The fraction of sp³-hybridized carbons (Fsp3) is 0.474. The van der Waals surface area contributed by atoms with Crippen molar-refractivity contribution < 1.29 is 14.3 Å². The van der Waals surface area contributed by atoms with Crippen LogP contribution in [0.2, 0.25) is 0 Å². The number of carbonyl (C=O) groups excluding carboxylic acids is 2. The largest absolute Gasteiger partial charge is 0.496 e. The fourth-order valence-electron chi connectivity index (χ4n) is 3.13. The number of amides is 3. The molecule has 8 nitrogen and oxygen atoms in total. The van der Waals surface area contributed by atoms with Crippen molar-refractivity contribution in [3.05, 3.63) is 41.7 Å². The summed E-state index contributed by atoms with van der Waals surface area (Å²) in [6, 6.07) is 7.04. The van der Waals surface area contributed by atoms with Crippen LogP contribution in [0.3, 0.4) is 0 Å². The molecule has 2 aromatic rings. The van der Waals surface area contributed by atoms with Gasteiger partial charge in [0.2, 0.25) is 0 Å². The molecule has 8 heteroatoms. The van der Waals surface area contributed by atoms with Gasteiger partial charge in [-0.2, -0.15) is 0 Å². The van der Waals surface area contributed by atoms with Crippen LogP contribution in [0.4, 0.5) is 4.79 Å². The highest BCUT2D eigenvalue weighted by molar-refractivity contribution is 6.04. The van der Waals surface area contributed by atoms with Crippen molar-refractivity contribution in [1.82, 2.24) is 25.2 Å². The number of para-hydroxylation sites is 1. The number of ether oxygens (including phenoxy) is 1. The number of hydrogen-bond acceptors (Lipinski definition) is 5. The molecule has 1 fully saturated rings. The van der Waals surface area contributed by atoms with Crippen LogP contribution in [0, 0.1) is 0 Å². The molecule has 0 unspecified atom stereocenters. The molecule has 0 radical (unpaired) electrons. The van der Waals surface area contributed by atoms with E-state index in [1.54, 1.807) is 11.8 Å². The van der Waals surface area contributed by atoms with Crippen molar-refractivity contribution in [2.45, 2.75) is 45.2 Å². The highest BCUT2D eigenvalue weighted by atomic mass is 16.5. The van der Waals surface area contributed by atoms with E-state index in [9.17, 15) is 9.59 Å². The van der Waals surface area contributed by atoms with E-state index in [4.69, 9.17) is 4.74 Å². The van der Waals surface area contributed by atoms with Crippen molar-refractivity contribution in [3.63, 3.8) is 0 Å². The molecule has 1 saturated heterocycles. The third-order valence-corrected chi connectivity index (χ3v) is 4.63. The summed E-state index contributed by atoms with van der Waals surface area (Å²) in [7, 11) is 1.64. The maximum Gasteiger partial charge on any atom is 0.324 e. The van der Waals surface area contributed by atoms with Gasteiger partial charge in [-0.3, -0.25) is 9.69 Å². The Balaban J connectivity index is 1.55. The molecule has 27 heavy (non-hydrogen) atoms. The Morgan fingerprint density at radius 2 is 2.04 bits per heavy atom. The van der Waals surface area contributed by atoms with Gasteiger partial charge in [0.05, 0.1) is 12.8 Å². The zero-order valence-electron chi connectivity index (χ0n) is 15.9. The van der Waals surface area contributed by atoms with E-state index < -0.39 is 6.04 Å². The molecule has 144 valence electrons. The predicted molar refractivity (Wildman–Crippen MR) is 99.5 cm³/mol. The third-order valence-electron chi connectivity index (χ3n) is 4.63. The molecule has 1 aliphatic rings. The van der Waals surface area contributed by atoms with Gasteiger partial charge in [0.1, 0.15) is 11.8 Å². The fourth-order valence-corrected chi connectivity index (χ4v) is 3.13. The SMILES string of the molecule is COc1ccccc1CCCN1C(=O)N[C@H](Cc2cn(C(C)C)nn2)C1=O. The topological polar surface area (TPSA) is 89.3 Å². The first-order chi connectivity index (χ1) is 13.0. The normalized spacial score (nSPS) is 16.9. The van der Waals surface area contributed by atoms with E-state index in [0.29, 0.717) is 25.1 Å². The lowest BCUT2D eigenvalue weighted by atomic mass is 10.1. The molecule has 3 rings (SSSR count). The summed E-state index contributed by atoms with van der Waals surface area (Å²) in [5, 5.41) is 10.9. The van der Waals surface area contributed by atoms with Gasteiger partial charge in [-0.05, 0) is 38.3 Å². The molecule has 1 atom stereocenters. The Morgan fingerprint density at radius 3 is 2.74 bits per heavy atom. The first-order valence-electron chi connectivity index (χ1n) is 9.14. The summed E-state index contributed by atoms with van der Waals surface area (Å²) in [6.45, 7) is 4.38. The molecule has 1 aromatic carbocycles. The van der Waals surface area contributed by atoms with E-state index in [-0.39, 0.29) is 18.0 Å². The van der Waals surface area contributed by atoms with Gasteiger partial charge in [0, 0.05) is 25.2 Å². The van der Waals surface area contributed by atoms with Gasteiger partial charge >= 0.3 is 6.03 Å². The number of imide groups is 1.